The lowest BCUT2D eigenvalue weighted by atomic mass is 10.1. The highest BCUT2D eigenvalue weighted by Gasteiger charge is 2.09. The van der Waals surface area contributed by atoms with Crippen LogP contribution in [0.1, 0.15) is 12.0 Å². The van der Waals surface area contributed by atoms with Gasteiger partial charge in [-0.25, -0.2) is 0 Å². The first-order chi connectivity index (χ1) is 11.7. The highest BCUT2D eigenvalue weighted by Crippen LogP contribution is 2.25. The van der Waals surface area contributed by atoms with E-state index in [1.165, 1.54) is 0 Å². The zero-order chi connectivity index (χ0) is 16.9. The molecule has 0 aliphatic heterocycles. The molecule has 24 heavy (non-hydrogen) atoms. The molecule has 0 radical (unpaired) electrons. The summed E-state index contributed by atoms with van der Waals surface area (Å²) in [5.41, 5.74) is 2.64. The number of benzene rings is 2. The van der Waals surface area contributed by atoms with Crippen LogP contribution < -0.4 is 14.8 Å². The van der Waals surface area contributed by atoms with E-state index < -0.39 is 0 Å². The van der Waals surface area contributed by atoms with Crippen molar-refractivity contribution >= 4 is 22.5 Å². The van der Waals surface area contributed by atoms with Gasteiger partial charge in [-0.05, 0) is 48.4 Å². The number of fused-ring (bicyclic) bond motifs is 1. The van der Waals surface area contributed by atoms with E-state index in [0.717, 1.165) is 33.7 Å². The number of hydrogen-bond acceptors (Lipinski definition) is 4. The van der Waals surface area contributed by atoms with Gasteiger partial charge in [0.25, 0.3) is 0 Å². The average molecular weight is 325 g/mol. The topological polar surface area (TPSA) is 76.2 Å². The van der Waals surface area contributed by atoms with Crippen molar-refractivity contribution in [3.8, 4) is 11.5 Å². The SMILES string of the molecule is COc1ccc(OC)c(CCC(=O)Nc2ccc3[nH]ncc3c2)c1. The predicted molar refractivity (Wildman–Crippen MR) is 92.6 cm³/mol. The molecule has 2 aromatic carbocycles. The van der Waals surface area contributed by atoms with E-state index in [-0.39, 0.29) is 5.91 Å². The van der Waals surface area contributed by atoms with Crippen LogP contribution in [0.15, 0.2) is 42.6 Å². The number of nitrogens with zero attached hydrogens (tertiary/aromatic N) is 1. The van der Waals surface area contributed by atoms with Crippen LogP contribution in [-0.2, 0) is 11.2 Å². The van der Waals surface area contributed by atoms with Gasteiger partial charge in [-0.3, -0.25) is 9.89 Å². The summed E-state index contributed by atoms with van der Waals surface area (Å²) in [5.74, 6) is 1.45. The number of nitrogens with one attached hydrogen (secondary N) is 2. The molecule has 1 aromatic heterocycles. The van der Waals surface area contributed by atoms with Crippen LogP contribution in [0.25, 0.3) is 10.9 Å². The predicted octanol–water partition coefficient (Wildman–Crippen LogP) is 3.15. The van der Waals surface area contributed by atoms with E-state index in [9.17, 15) is 4.79 Å². The molecule has 0 saturated carbocycles. The first-order valence-corrected chi connectivity index (χ1v) is 7.63. The van der Waals surface area contributed by atoms with E-state index >= 15 is 0 Å². The summed E-state index contributed by atoms with van der Waals surface area (Å²) in [7, 11) is 3.23. The van der Waals surface area contributed by atoms with Gasteiger partial charge in [0.15, 0.2) is 0 Å². The fourth-order valence-electron chi connectivity index (χ4n) is 2.57. The van der Waals surface area contributed by atoms with Gasteiger partial charge in [0, 0.05) is 17.5 Å². The first-order valence-electron chi connectivity index (χ1n) is 7.63. The number of aryl methyl sites for hydroxylation is 1. The number of carbonyl (C=O) groups is 1. The second-order valence-corrected chi connectivity index (χ2v) is 5.40. The van der Waals surface area contributed by atoms with Gasteiger partial charge in [-0.15, -0.1) is 0 Å². The summed E-state index contributed by atoms with van der Waals surface area (Å²) in [5, 5.41) is 10.7. The maximum atomic E-state index is 12.2. The molecular formula is C18H19N3O3. The zero-order valence-corrected chi connectivity index (χ0v) is 13.6. The van der Waals surface area contributed by atoms with Gasteiger partial charge in [0.05, 0.1) is 25.9 Å². The highest BCUT2D eigenvalue weighted by atomic mass is 16.5. The summed E-state index contributed by atoms with van der Waals surface area (Å²) in [4.78, 5) is 12.2. The van der Waals surface area contributed by atoms with Crippen LogP contribution in [0.4, 0.5) is 5.69 Å². The van der Waals surface area contributed by atoms with Gasteiger partial charge in [0.2, 0.25) is 5.91 Å². The van der Waals surface area contributed by atoms with Crippen LogP contribution in [0.3, 0.4) is 0 Å². The third kappa shape index (κ3) is 3.48. The van der Waals surface area contributed by atoms with Crippen molar-refractivity contribution in [2.24, 2.45) is 0 Å². The van der Waals surface area contributed by atoms with Crippen molar-refractivity contribution in [2.75, 3.05) is 19.5 Å². The Labute approximate surface area is 139 Å². The van der Waals surface area contributed by atoms with E-state index in [1.54, 1.807) is 20.4 Å². The molecule has 124 valence electrons. The number of anilines is 1. The Morgan fingerprint density at radius 2 is 2.04 bits per heavy atom. The summed E-state index contributed by atoms with van der Waals surface area (Å²) in [6.45, 7) is 0. The second kappa shape index (κ2) is 7.04. The summed E-state index contributed by atoms with van der Waals surface area (Å²) in [6, 6.07) is 11.2. The van der Waals surface area contributed by atoms with E-state index in [2.05, 4.69) is 15.5 Å². The number of aromatic nitrogens is 2. The average Bonchev–Trinajstić information content (AvgIpc) is 3.07. The Kier molecular flexibility index (Phi) is 4.65. The Balaban J connectivity index is 1.64. The minimum atomic E-state index is -0.0530. The molecule has 0 fully saturated rings. The van der Waals surface area contributed by atoms with Gasteiger partial charge in [-0.1, -0.05) is 0 Å². The van der Waals surface area contributed by atoms with Crippen molar-refractivity contribution in [1.82, 2.24) is 10.2 Å². The number of hydrogen-bond donors (Lipinski definition) is 2. The van der Waals surface area contributed by atoms with E-state index in [0.29, 0.717) is 12.8 Å². The molecule has 6 nitrogen and oxygen atoms in total. The minimum Gasteiger partial charge on any atom is -0.497 e. The number of carbonyl (C=O) groups excluding carboxylic acids is 1. The molecule has 0 bridgehead atoms. The van der Waals surface area contributed by atoms with Crippen LogP contribution in [0, 0.1) is 0 Å². The molecular weight excluding hydrogens is 306 g/mol. The second-order valence-electron chi connectivity index (χ2n) is 5.40. The molecule has 1 amide bonds. The fraction of sp³-hybridized carbons (Fsp3) is 0.222. The van der Waals surface area contributed by atoms with Crippen LogP contribution in [0.2, 0.25) is 0 Å². The monoisotopic (exact) mass is 325 g/mol. The van der Waals surface area contributed by atoms with Crippen molar-refractivity contribution in [3.05, 3.63) is 48.2 Å². The maximum absolute atomic E-state index is 12.2. The lowest BCUT2D eigenvalue weighted by molar-refractivity contribution is -0.116. The molecule has 0 atom stereocenters. The molecule has 0 spiro atoms. The first kappa shape index (κ1) is 15.9. The van der Waals surface area contributed by atoms with Gasteiger partial charge in [0.1, 0.15) is 11.5 Å². The number of amides is 1. The summed E-state index contributed by atoms with van der Waals surface area (Å²) in [6.07, 6.45) is 2.65. The Bertz CT molecular complexity index is 858. The highest BCUT2D eigenvalue weighted by molar-refractivity contribution is 5.93. The smallest absolute Gasteiger partial charge is 0.224 e. The zero-order valence-electron chi connectivity index (χ0n) is 13.6. The van der Waals surface area contributed by atoms with Gasteiger partial charge >= 0.3 is 0 Å². The minimum absolute atomic E-state index is 0.0530. The molecule has 0 aliphatic carbocycles. The lowest BCUT2D eigenvalue weighted by Gasteiger charge is -2.10. The third-order valence-corrected chi connectivity index (χ3v) is 3.83. The molecule has 3 aromatic rings. The van der Waals surface area contributed by atoms with Gasteiger partial charge < -0.3 is 14.8 Å². The number of methoxy groups -OCH3 is 2. The van der Waals surface area contributed by atoms with Crippen molar-refractivity contribution in [2.45, 2.75) is 12.8 Å². The number of rotatable bonds is 6. The van der Waals surface area contributed by atoms with Crippen molar-refractivity contribution in [3.63, 3.8) is 0 Å². The molecule has 3 rings (SSSR count). The standard InChI is InChI=1S/C18H19N3O3/c1-23-15-5-7-17(24-2)12(10-15)3-8-18(22)20-14-4-6-16-13(9-14)11-19-21-16/h4-7,9-11H,3,8H2,1-2H3,(H,19,21)(H,20,22). The molecule has 1 heterocycles. The molecule has 0 aliphatic rings. The van der Waals surface area contributed by atoms with E-state index in [4.69, 9.17) is 9.47 Å². The van der Waals surface area contributed by atoms with Crippen molar-refractivity contribution in [1.29, 1.82) is 0 Å². The number of ether oxygens (including phenoxy) is 2. The van der Waals surface area contributed by atoms with Crippen molar-refractivity contribution < 1.29 is 14.3 Å². The quantitative estimate of drug-likeness (QED) is 0.730. The normalized spacial score (nSPS) is 10.6. The number of H-pyrrole nitrogens is 1. The maximum Gasteiger partial charge on any atom is 0.224 e. The largest absolute Gasteiger partial charge is 0.497 e. The molecule has 6 heteroatoms. The third-order valence-electron chi connectivity index (χ3n) is 3.83. The molecule has 0 unspecified atom stereocenters. The number of aromatic amines is 1. The lowest BCUT2D eigenvalue weighted by Crippen LogP contribution is -2.12. The summed E-state index contributed by atoms with van der Waals surface area (Å²) >= 11 is 0. The van der Waals surface area contributed by atoms with Gasteiger partial charge in [-0.2, -0.15) is 5.10 Å². The fourth-order valence-corrected chi connectivity index (χ4v) is 2.57. The molecule has 0 saturated heterocycles. The van der Waals surface area contributed by atoms with Crippen LogP contribution in [-0.4, -0.2) is 30.3 Å². The van der Waals surface area contributed by atoms with Crippen LogP contribution in [0.5, 0.6) is 11.5 Å². The molecule has 2 N–H and O–H groups in total. The Morgan fingerprint density at radius 3 is 2.83 bits per heavy atom. The van der Waals surface area contributed by atoms with E-state index in [1.807, 2.05) is 36.4 Å². The summed E-state index contributed by atoms with van der Waals surface area (Å²) < 4.78 is 10.6. The Morgan fingerprint density at radius 1 is 1.17 bits per heavy atom. The Hall–Kier alpha value is -3.02. The van der Waals surface area contributed by atoms with Crippen LogP contribution >= 0.6 is 0 Å².